The first kappa shape index (κ1) is 15.8. The molecule has 0 aliphatic carbocycles. The van der Waals surface area contributed by atoms with Gasteiger partial charge in [-0.1, -0.05) is 0 Å². The van der Waals surface area contributed by atoms with E-state index in [0.29, 0.717) is 5.56 Å². The third-order valence-electron chi connectivity index (χ3n) is 2.89. The Kier molecular flexibility index (Phi) is 4.65. The van der Waals surface area contributed by atoms with Gasteiger partial charge < -0.3 is 9.47 Å². The molecule has 1 heterocycles. The predicted molar refractivity (Wildman–Crippen MR) is 74.5 cm³/mol. The summed E-state index contributed by atoms with van der Waals surface area (Å²) in [5.74, 6) is -5.30. The van der Waals surface area contributed by atoms with E-state index in [1.54, 1.807) is 12.1 Å². The summed E-state index contributed by atoms with van der Waals surface area (Å²) < 4.78 is 37.9. The molecular weight excluding hydrogens is 294 g/mol. The molecule has 0 fully saturated rings. The van der Waals surface area contributed by atoms with Crippen molar-refractivity contribution < 1.29 is 23.0 Å². The van der Waals surface area contributed by atoms with Crippen LogP contribution >= 0.6 is 0 Å². The normalized spacial score (nSPS) is 11.1. The van der Waals surface area contributed by atoms with Gasteiger partial charge in [0, 0.05) is 18.0 Å². The Morgan fingerprint density at radius 1 is 1.27 bits per heavy atom. The van der Waals surface area contributed by atoms with E-state index in [4.69, 9.17) is 4.74 Å². The van der Waals surface area contributed by atoms with E-state index in [2.05, 4.69) is 14.7 Å². The highest BCUT2D eigenvalue weighted by molar-refractivity contribution is 5.81. The Morgan fingerprint density at radius 3 is 2.55 bits per heavy atom. The van der Waals surface area contributed by atoms with Gasteiger partial charge in [-0.05, 0) is 31.2 Å². The van der Waals surface area contributed by atoms with Crippen molar-refractivity contribution >= 4 is 5.97 Å². The van der Waals surface area contributed by atoms with Crippen molar-refractivity contribution in [3.8, 4) is 17.1 Å². The third kappa shape index (κ3) is 3.03. The lowest BCUT2D eigenvalue weighted by molar-refractivity contribution is -0.173. The minimum absolute atomic E-state index is 0.113. The maximum Gasteiger partial charge on any atom is 0.382 e. The second kappa shape index (κ2) is 6.46. The van der Waals surface area contributed by atoms with Gasteiger partial charge in [0.25, 0.3) is 0 Å². The number of esters is 1. The fourth-order valence-electron chi connectivity index (χ4n) is 1.87. The topological polar surface area (TPSA) is 61.3 Å². The molecule has 0 saturated heterocycles. The number of carbonyl (C=O) groups is 1. The number of alkyl halides is 2. The number of rotatable bonds is 5. The van der Waals surface area contributed by atoms with Gasteiger partial charge in [-0.3, -0.25) is 0 Å². The van der Waals surface area contributed by atoms with Crippen molar-refractivity contribution in [3.05, 3.63) is 42.2 Å². The maximum atomic E-state index is 14.3. The SMILES string of the molecule is CCOC(=O)C(F)(F)c1cc(-c2ncccn2)ccc1OC. The molecule has 0 aliphatic heterocycles. The first-order valence-corrected chi connectivity index (χ1v) is 6.51. The van der Waals surface area contributed by atoms with Crippen LogP contribution in [0, 0.1) is 0 Å². The molecule has 0 bridgehead atoms. The van der Waals surface area contributed by atoms with Crippen LogP contribution in [0.5, 0.6) is 5.75 Å². The van der Waals surface area contributed by atoms with E-state index >= 15 is 0 Å². The van der Waals surface area contributed by atoms with Crippen molar-refractivity contribution in [1.82, 2.24) is 9.97 Å². The summed E-state index contributed by atoms with van der Waals surface area (Å²) in [6, 6.07) is 5.62. The summed E-state index contributed by atoms with van der Waals surface area (Å²) in [5.41, 5.74) is -0.237. The smallest absolute Gasteiger partial charge is 0.382 e. The molecule has 0 aliphatic rings. The lowest BCUT2D eigenvalue weighted by Crippen LogP contribution is -2.29. The van der Waals surface area contributed by atoms with Crippen molar-refractivity contribution in [1.29, 1.82) is 0 Å². The molecule has 0 atom stereocenters. The van der Waals surface area contributed by atoms with Gasteiger partial charge in [-0.2, -0.15) is 8.78 Å². The largest absolute Gasteiger partial charge is 0.496 e. The molecule has 1 aromatic heterocycles. The number of hydrogen-bond donors (Lipinski definition) is 0. The second-order valence-electron chi connectivity index (χ2n) is 4.28. The Bertz CT molecular complexity index is 663. The zero-order valence-electron chi connectivity index (χ0n) is 12.0. The molecule has 0 radical (unpaired) electrons. The number of aromatic nitrogens is 2. The van der Waals surface area contributed by atoms with Crippen LogP contribution in [0.2, 0.25) is 0 Å². The van der Waals surface area contributed by atoms with Crippen LogP contribution in [-0.2, 0) is 15.5 Å². The first-order chi connectivity index (χ1) is 10.5. The number of nitrogens with zero attached hydrogens (tertiary/aromatic N) is 2. The third-order valence-corrected chi connectivity index (χ3v) is 2.89. The molecular formula is C15H14F2N2O3. The van der Waals surface area contributed by atoms with Crippen LogP contribution in [0.4, 0.5) is 8.78 Å². The highest BCUT2D eigenvalue weighted by Crippen LogP contribution is 2.38. The molecule has 2 rings (SSSR count). The van der Waals surface area contributed by atoms with Gasteiger partial charge in [-0.15, -0.1) is 0 Å². The number of benzene rings is 1. The molecule has 0 spiro atoms. The molecule has 2 aromatic rings. The molecule has 7 heteroatoms. The van der Waals surface area contributed by atoms with Crippen molar-refractivity contribution in [2.24, 2.45) is 0 Å². The van der Waals surface area contributed by atoms with Crippen LogP contribution < -0.4 is 4.74 Å². The number of halogens is 2. The number of hydrogen-bond acceptors (Lipinski definition) is 5. The zero-order valence-corrected chi connectivity index (χ0v) is 12.0. The maximum absolute atomic E-state index is 14.3. The molecule has 0 amide bonds. The first-order valence-electron chi connectivity index (χ1n) is 6.51. The fraction of sp³-hybridized carbons (Fsp3) is 0.267. The standard InChI is InChI=1S/C15H14F2N2O3/c1-3-22-14(20)15(16,17)11-9-10(5-6-12(11)21-2)13-18-7-4-8-19-13/h4-9H,3H2,1-2H3. The van der Waals surface area contributed by atoms with E-state index in [1.165, 1.54) is 32.5 Å². The summed E-state index contributed by atoms with van der Waals surface area (Å²) in [5, 5.41) is 0. The van der Waals surface area contributed by atoms with Crippen LogP contribution in [0.15, 0.2) is 36.7 Å². The lowest BCUT2D eigenvalue weighted by Gasteiger charge is -2.18. The second-order valence-corrected chi connectivity index (χ2v) is 4.28. The number of carbonyl (C=O) groups excluding carboxylic acids is 1. The molecule has 22 heavy (non-hydrogen) atoms. The summed E-state index contributed by atoms with van der Waals surface area (Å²) in [4.78, 5) is 19.5. The summed E-state index contributed by atoms with van der Waals surface area (Å²) in [7, 11) is 1.25. The molecule has 0 unspecified atom stereocenters. The molecule has 0 N–H and O–H groups in total. The average Bonchev–Trinajstić information content (AvgIpc) is 2.55. The number of ether oxygens (including phenoxy) is 2. The Hall–Kier alpha value is -2.57. The molecule has 0 saturated carbocycles. The van der Waals surface area contributed by atoms with E-state index in [9.17, 15) is 13.6 Å². The Morgan fingerprint density at radius 2 is 1.95 bits per heavy atom. The van der Waals surface area contributed by atoms with Gasteiger partial charge in [0.2, 0.25) is 0 Å². The van der Waals surface area contributed by atoms with Crippen molar-refractivity contribution in [3.63, 3.8) is 0 Å². The molecule has 1 aromatic carbocycles. The van der Waals surface area contributed by atoms with Crippen LogP contribution in [0.3, 0.4) is 0 Å². The minimum atomic E-state index is -3.83. The Balaban J connectivity index is 2.51. The quantitative estimate of drug-likeness (QED) is 0.795. The monoisotopic (exact) mass is 308 g/mol. The lowest BCUT2D eigenvalue weighted by atomic mass is 10.0. The van der Waals surface area contributed by atoms with Gasteiger partial charge >= 0.3 is 11.9 Å². The summed E-state index contributed by atoms with van der Waals surface area (Å²) in [6.45, 7) is 1.32. The highest BCUT2D eigenvalue weighted by atomic mass is 19.3. The van der Waals surface area contributed by atoms with Crippen LogP contribution in [0.25, 0.3) is 11.4 Å². The van der Waals surface area contributed by atoms with E-state index < -0.39 is 17.5 Å². The van der Waals surface area contributed by atoms with Crippen LogP contribution in [0.1, 0.15) is 12.5 Å². The highest BCUT2D eigenvalue weighted by Gasteiger charge is 2.45. The predicted octanol–water partition coefficient (Wildman–Crippen LogP) is 2.81. The Labute approximate surface area is 125 Å². The van der Waals surface area contributed by atoms with E-state index in [1.807, 2.05) is 0 Å². The zero-order chi connectivity index (χ0) is 16.2. The van der Waals surface area contributed by atoms with Crippen molar-refractivity contribution in [2.75, 3.05) is 13.7 Å². The van der Waals surface area contributed by atoms with Gasteiger partial charge in [0.1, 0.15) is 5.75 Å². The minimum Gasteiger partial charge on any atom is -0.496 e. The van der Waals surface area contributed by atoms with Crippen LogP contribution in [-0.4, -0.2) is 29.7 Å². The van der Waals surface area contributed by atoms with Crippen molar-refractivity contribution in [2.45, 2.75) is 12.8 Å². The molecule has 116 valence electrons. The van der Waals surface area contributed by atoms with E-state index in [-0.39, 0.29) is 18.2 Å². The van der Waals surface area contributed by atoms with Gasteiger partial charge in [0.05, 0.1) is 19.3 Å². The summed E-state index contributed by atoms with van der Waals surface area (Å²) >= 11 is 0. The van der Waals surface area contributed by atoms with Gasteiger partial charge in [-0.25, -0.2) is 14.8 Å². The van der Waals surface area contributed by atoms with Gasteiger partial charge in [0.15, 0.2) is 5.82 Å². The molecule has 5 nitrogen and oxygen atoms in total. The average molecular weight is 308 g/mol. The summed E-state index contributed by atoms with van der Waals surface area (Å²) in [6.07, 6.45) is 2.99. The van der Waals surface area contributed by atoms with E-state index in [0.717, 1.165) is 6.07 Å². The fourth-order valence-corrected chi connectivity index (χ4v) is 1.87. The number of methoxy groups -OCH3 is 1.